The zero-order chi connectivity index (χ0) is 20.3. The highest BCUT2D eigenvalue weighted by Crippen LogP contribution is 2.31. The highest BCUT2D eigenvalue weighted by molar-refractivity contribution is 7.89. The van der Waals surface area contributed by atoms with Crippen molar-refractivity contribution in [2.24, 2.45) is 0 Å². The van der Waals surface area contributed by atoms with Crippen LogP contribution in [0, 0.1) is 5.82 Å². The maximum atomic E-state index is 13.2. The van der Waals surface area contributed by atoms with Crippen molar-refractivity contribution in [3.05, 3.63) is 70.0 Å². The number of nitrogens with zero attached hydrogens (tertiary/aromatic N) is 2. The minimum absolute atomic E-state index is 0.0132. The van der Waals surface area contributed by atoms with Crippen molar-refractivity contribution >= 4 is 45.2 Å². The maximum Gasteiger partial charge on any atom is 0.246 e. The zero-order valence-corrected chi connectivity index (χ0v) is 17.0. The van der Waals surface area contributed by atoms with E-state index >= 15 is 0 Å². The summed E-state index contributed by atoms with van der Waals surface area (Å²) in [5.41, 5.74) is 0.574. The molecule has 2 aromatic carbocycles. The fourth-order valence-corrected chi connectivity index (χ4v) is 5.01. The molecule has 0 unspecified atom stereocenters. The lowest BCUT2D eigenvalue weighted by Crippen LogP contribution is -2.50. The molecule has 1 saturated heterocycles. The molecule has 28 heavy (non-hydrogen) atoms. The Morgan fingerprint density at radius 3 is 2.39 bits per heavy atom. The number of hydrogen-bond donors (Lipinski definition) is 0. The van der Waals surface area contributed by atoms with Crippen molar-refractivity contribution in [1.82, 2.24) is 9.21 Å². The normalized spacial score (nSPS) is 15.9. The van der Waals surface area contributed by atoms with E-state index in [-0.39, 0.29) is 52.8 Å². The van der Waals surface area contributed by atoms with Gasteiger partial charge in [-0.15, -0.1) is 0 Å². The molecule has 0 saturated carbocycles. The van der Waals surface area contributed by atoms with Crippen LogP contribution in [-0.2, 0) is 14.8 Å². The van der Waals surface area contributed by atoms with Crippen molar-refractivity contribution in [3.63, 3.8) is 0 Å². The summed E-state index contributed by atoms with van der Waals surface area (Å²) in [6, 6.07) is 10.3. The molecule has 0 spiro atoms. The third-order valence-electron chi connectivity index (χ3n) is 4.35. The van der Waals surface area contributed by atoms with Crippen molar-refractivity contribution in [3.8, 4) is 0 Å². The largest absolute Gasteiger partial charge is 0.337 e. The fourth-order valence-electron chi connectivity index (χ4n) is 2.85. The molecule has 5 nitrogen and oxygen atoms in total. The number of carbonyl (C=O) groups is 1. The maximum absolute atomic E-state index is 13.2. The molecule has 148 valence electrons. The Kier molecular flexibility index (Phi) is 6.40. The summed E-state index contributed by atoms with van der Waals surface area (Å²) >= 11 is 12.0. The molecule has 2 aromatic rings. The summed E-state index contributed by atoms with van der Waals surface area (Å²) in [4.78, 5) is 13.8. The Morgan fingerprint density at radius 1 is 1.04 bits per heavy atom. The number of piperazine rings is 1. The van der Waals surface area contributed by atoms with E-state index in [4.69, 9.17) is 23.2 Å². The molecule has 0 radical (unpaired) electrons. The van der Waals surface area contributed by atoms with Gasteiger partial charge in [0.25, 0.3) is 0 Å². The quantitative estimate of drug-likeness (QED) is 0.678. The van der Waals surface area contributed by atoms with Crippen LogP contribution in [0.15, 0.2) is 53.4 Å². The lowest BCUT2D eigenvalue weighted by molar-refractivity contribution is -0.127. The van der Waals surface area contributed by atoms with E-state index in [2.05, 4.69) is 0 Å². The molecule has 0 atom stereocenters. The Labute approximate surface area is 173 Å². The lowest BCUT2D eigenvalue weighted by Gasteiger charge is -2.33. The minimum Gasteiger partial charge on any atom is -0.337 e. The van der Waals surface area contributed by atoms with Crippen molar-refractivity contribution in [2.75, 3.05) is 26.2 Å². The summed E-state index contributed by atoms with van der Waals surface area (Å²) in [5, 5.41) is 0.153. The van der Waals surface area contributed by atoms with Gasteiger partial charge in [0.05, 0.1) is 10.0 Å². The Morgan fingerprint density at radius 2 is 1.71 bits per heavy atom. The molecule has 0 bridgehead atoms. The third kappa shape index (κ3) is 4.55. The average Bonchev–Trinajstić information content (AvgIpc) is 2.68. The van der Waals surface area contributed by atoms with Gasteiger partial charge in [-0.1, -0.05) is 41.4 Å². The summed E-state index contributed by atoms with van der Waals surface area (Å²) < 4.78 is 40.1. The number of rotatable bonds is 4. The molecule has 1 aliphatic heterocycles. The topological polar surface area (TPSA) is 57.7 Å². The van der Waals surface area contributed by atoms with Gasteiger partial charge in [-0.05, 0) is 35.9 Å². The van der Waals surface area contributed by atoms with Gasteiger partial charge in [0.2, 0.25) is 15.9 Å². The van der Waals surface area contributed by atoms with Gasteiger partial charge in [0, 0.05) is 32.3 Å². The second-order valence-electron chi connectivity index (χ2n) is 6.17. The number of carbonyl (C=O) groups excluding carboxylic acids is 1. The zero-order valence-electron chi connectivity index (χ0n) is 14.7. The van der Waals surface area contributed by atoms with Gasteiger partial charge in [0.15, 0.2) is 0 Å². The molecule has 0 aromatic heterocycles. The van der Waals surface area contributed by atoms with E-state index in [1.54, 1.807) is 17.0 Å². The second kappa shape index (κ2) is 8.61. The van der Waals surface area contributed by atoms with E-state index in [0.717, 1.165) is 0 Å². The van der Waals surface area contributed by atoms with E-state index in [1.165, 1.54) is 46.8 Å². The molecular weight excluding hydrogens is 426 g/mol. The Balaban J connectivity index is 1.65. The SMILES string of the molecule is O=C(/C=C/c1cccc(F)c1)N1CCN(S(=O)(=O)c2cccc(Cl)c2Cl)CC1. The molecule has 1 amide bonds. The van der Waals surface area contributed by atoms with E-state index in [0.29, 0.717) is 5.56 Å². The number of benzene rings is 2. The first kappa shape index (κ1) is 20.8. The van der Waals surface area contributed by atoms with Crippen LogP contribution in [0.1, 0.15) is 5.56 Å². The lowest BCUT2D eigenvalue weighted by atomic mass is 10.2. The average molecular weight is 443 g/mol. The number of halogens is 3. The molecule has 0 N–H and O–H groups in total. The highest BCUT2D eigenvalue weighted by atomic mass is 35.5. The Bertz CT molecular complexity index is 1020. The minimum atomic E-state index is -3.81. The molecule has 0 aliphatic carbocycles. The van der Waals surface area contributed by atoms with Crippen LogP contribution in [0.5, 0.6) is 0 Å². The molecule has 1 fully saturated rings. The van der Waals surface area contributed by atoms with Gasteiger partial charge < -0.3 is 4.90 Å². The highest BCUT2D eigenvalue weighted by Gasteiger charge is 2.31. The first-order valence-electron chi connectivity index (χ1n) is 8.46. The van der Waals surface area contributed by atoms with Crippen LogP contribution in [0.3, 0.4) is 0 Å². The van der Waals surface area contributed by atoms with Crippen LogP contribution in [-0.4, -0.2) is 49.7 Å². The van der Waals surface area contributed by atoms with Gasteiger partial charge in [-0.3, -0.25) is 4.79 Å². The van der Waals surface area contributed by atoms with Crippen molar-refractivity contribution < 1.29 is 17.6 Å². The van der Waals surface area contributed by atoms with Gasteiger partial charge in [0.1, 0.15) is 10.7 Å². The predicted molar refractivity (Wildman–Crippen MR) is 107 cm³/mol. The molecule has 3 rings (SSSR count). The van der Waals surface area contributed by atoms with E-state index < -0.39 is 10.0 Å². The van der Waals surface area contributed by atoms with Crippen molar-refractivity contribution in [1.29, 1.82) is 0 Å². The van der Waals surface area contributed by atoms with Crippen LogP contribution in [0.2, 0.25) is 10.0 Å². The molecule has 1 aliphatic rings. The summed E-state index contributed by atoms with van der Waals surface area (Å²) in [5.74, 6) is -0.643. The molecule has 9 heteroatoms. The van der Waals surface area contributed by atoms with Crippen LogP contribution in [0.4, 0.5) is 4.39 Å². The van der Waals surface area contributed by atoms with Crippen LogP contribution >= 0.6 is 23.2 Å². The summed E-state index contributed by atoms with van der Waals surface area (Å²) in [6.07, 6.45) is 2.88. The monoisotopic (exact) mass is 442 g/mol. The number of hydrogen-bond acceptors (Lipinski definition) is 3. The molecular formula is C19H17Cl2FN2O3S. The first-order valence-corrected chi connectivity index (χ1v) is 10.7. The third-order valence-corrected chi connectivity index (χ3v) is 7.22. The smallest absolute Gasteiger partial charge is 0.246 e. The summed E-state index contributed by atoms with van der Waals surface area (Å²) in [7, 11) is -3.81. The van der Waals surface area contributed by atoms with Crippen LogP contribution in [0.25, 0.3) is 6.08 Å². The van der Waals surface area contributed by atoms with Gasteiger partial charge in [-0.25, -0.2) is 12.8 Å². The predicted octanol–water partition coefficient (Wildman–Crippen LogP) is 3.68. The van der Waals surface area contributed by atoms with E-state index in [9.17, 15) is 17.6 Å². The Hall–Kier alpha value is -1.93. The second-order valence-corrected chi connectivity index (χ2v) is 8.86. The van der Waals surface area contributed by atoms with Crippen molar-refractivity contribution in [2.45, 2.75) is 4.90 Å². The summed E-state index contributed by atoms with van der Waals surface area (Å²) in [6.45, 7) is 0.767. The van der Waals surface area contributed by atoms with E-state index in [1.807, 2.05) is 0 Å². The standard InChI is InChI=1S/C19H17Cl2FN2O3S/c20-16-5-2-6-17(19(16)21)28(26,27)24-11-9-23(10-12-24)18(25)8-7-14-3-1-4-15(22)13-14/h1-8,13H,9-12H2/b8-7+. The first-order chi connectivity index (χ1) is 13.3. The number of sulfonamides is 1. The van der Waals surface area contributed by atoms with Gasteiger partial charge in [-0.2, -0.15) is 4.31 Å². The number of amides is 1. The molecule has 1 heterocycles. The fraction of sp³-hybridized carbons (Fsp3) is 0.211. The van der Waals surface area contributed by atoms with Crippen LogP contribution < -0.4 is 0 Å². The van der Waals surface area contributed by atoms with Gasteiger partial charge >= 0.3 is 0 Å².